The number of esters is 2. The van der Waals surface area contributed by atoms with E-state index in [0.717, 1.165) is 14.2 Å². The molecule has 1 aromatic rings. The van der Waals surface area contributed by atoms with Crippen molar-refractivity contribution >= 4 is 23.3 Å². The number of hydrogen-bond donors (Lipinski definition) is 1. The van der Waals surface area contributed by atoms with Gasteiger partial charge in [-0.2, -0.15) is 0 Å². The SMILES string of the molecule is CNc1cc(C(=O)OC)c(OCC(=O)OC)c([N+](=O)[O-])c1. The first-order valence-corrected chi connectivity index (χ1v) is 5.72. The quantitative estimate of drug-likeness (QED) is 0.469. The Morgan fingerprint density at radius 1 is 1.29 bits per heavy atom. The fourth-order valence-corrected chi connectivity index (χ4v) is 1.50. The van der Waals surface area contributed by atoms with E-state index >= 15 is 0 Å². The monoisotopic (exact) mass is 298 g/mol. The van der Waals surface area contributed by atoms with Crippen LogP contribution in [0.2, 0.25) is 0 Å². The van der Waals surface area contributed by atoms with E-state index < -0.39 is 29.2 Å². The Balaban J connectivity index is 3.36. The Morgan fingerprint density at radius 3 is 2.43 bits per heavy atom. The minimum absolute atomic E-state index is 0.167. The van der Waals surface area contributed by atoms with Crippen LogP contribution in [-0.4, -0.2) is 44.7 Å². The number of methoxy groups -OCH3 is 2. The van der Waals surface area contributed by atoms with Gasteiger partial charge >= 0.3 is 17.6 Å². The van der Waals surface area contributed by atoms with Crippen molar-refractivity contribution in [2.24, 2.45) is 0 Å². The average molecular weight is 298 g/mol. The fraction of sp³-hybridized carbons (Fsp3) is 0.333. The van der Waals surface area contributed by atoms with Gasteiger partial charge in [0.15, 0.2) is 6.61 Å². The van der Waals surface area contributed by atoms with Crippen LogP contribution in [0.4, 0.5) is 11.4 Å². The highest BCUT2D eigenvalue weighted by Crippen LogP contribution is 2.35. The molecule has 114 valence electrons. The van der Waals surface area contributed by atoms with Gasteiger partial charge in [-0.1, -0.05) is 0 Å². The van der Waals surface area contributed by atoms with Crippen molar-refractivity contribution in [3.63, 3.8) is 0 Å². The van der Waals surface area contributed by atoms with E-state index in [1.165, 1.54) is 19.2 Å². The summed E-state index contributed by atoms with van der Waals surface area (Å²) in [5, 5.41) is 13.8. The van der Waals surface area contributed by atoms with Crippen molar-refractivity contribution in [1.82, 2.24) is 0 Å². The van der Waals surface area contributed by atoms with E-state index in [1.807, 2.05) is 0 Å². The second kappa shape index (κ2) is 7.08. The van der Waals surface area contributed by atoms with Gasteiger partial charge in [0.05, 0.1) is 19.1 Å². The Morgan fingerprint density at radius 2 is 1.95 bits per heavy atom. The van der Waals surface area contributed by atoms with E-state index in [2.05, 4.69) is 14.8 Å². The number of ether oxygens (including phenoxy) is 3. The molecule has 0 spiro atoms. The van der Waals surface area contributed by atoms with Crippen molar-refractivity contribution in [2.45, 2.75) is 0 Å². The number of carbonyl (C=O) groups excluding carboxylic acids is 2. The maximum absolute atomic E-state index is 11.7. The first kappa shape index (κ1) is 16.2. The number of carbonyl (C=O) groups is 2. The van der Waals surface area contributed by atoms with Crippen LogP contribution in [0, 0.1) is 10.1 Å². The molecule has 0 unspecified atom stereocenters. The predicted molar refractivity (Wildman–Crippen MR) is 71.5 cm³/mol. The molecule has 0 radical (unpaired) electrons. The largest absolute Gasteiger partial charge is 0.474 e. The first-order valence-electron chi connectivity index (χ1n) is 5.72. The van der Waals surface area contributed by atoms with Crippen LogP contribution in [0.25, 0.3) is 0 Å². The summed E-state index contributed by atoms with van der Waals surface area (Å²) in [6.45, 7) is -0.569. The zero-order valence-electron chi connectivity index (χ0n) is 11.7. The average Bonchev–Trinajstić information content (AvgIpc) is 2.50. The normalized spacial score (nSPS) is 9.67. The van der Waals surface area contributed by atoms with Crippen molar-refractivity contribution in [3.05, 3.63) is 27.8 Å². The van der Waals surface area contributed by atoms with Gasteiger partial charge in [-0.3, -0.25) is 10.1 Å². The van der Waals surface area contributed by atoms with Gasteiger partial charge in [-0.05, 0) is 6.07 Å². The number of anilines is 1. The van der Waals surface area contributed by atoms with E-state index in [1.54, 1.807) is 0 Å². The van der Waals surface area contributed by atoms with Crippen LogP contribution < -0.4 is 10.1 Å². The van der Waals surface area contributed by atoms with Gasteiger partial charge < -0.3 is 19.5 Å². The van der Waals surface area contributed by atoms with Gasteiger partial charge in [0.25, 0.3) is 0 Å². The van der Waals surface area contributed by atoms with Crippen molar-refractivity contribution in [1.29, 1.82) is 0 Å². The minimum atomic E-state index is -0.824. The Hall–Kier alpha value is -2.84. The molecular weight excluding hydrogens is 284 g/mol. The molecule has 0 aliphatic carbocycles. The third-order valence-electron chi connectivity index (χ3n) is 2.52. The summed E-state index contributed by atoms with van der Waals surface area (Å²) in [7, 11) is 3.81. The Labute approximate surface area is 119 Å². The lowest BCUT2D eigenvalue weighted by molar-refractivity contribution is -0.385. The molecule has 0 aliphatic heterocycles. The molecule has 9 heteroatoms. The summed E-state index contributed by atoms with van der Waals surface area (Å²) in [6.07, 6.45) is 0. The van der Waals surface area contributed by atoms with Gasteiger partial charge in [-0.25, -0.2) is 9.59 Å². The van der Waals surface area contributed by atoms with Gasteiger partial charge in [0.2, 0.25) is 5.75 Å². The van der Waals surface area contributed by atoms with Crippen molar-refractivity contribution in [3.8, 4) is 5.75 Å². The smallest absolute Gasteiger partial charge is 0.343 e. The molecule has 0 amide bonds. The number of nitrogens with zero attached hydrogens (tertiary/aromatic N) is 1. The molecule has 1 N–H and O–H groups in total. The fourth-order valence-electron chi connectivity index (χ4n) is 1.50. The first-order chi connectivity index (χ1) is 9.94. The molecule has 0 heterocycles. The van der Waals surface area contributed by atoms with Crippen LogP contribution in [-0.2, 0) is 14.3 Å². The molecule has 1 rings (SSSR count). The van der Waals surface area contributed by atoms with Gasteiger partial charge in [0.1, 0.15) is 5.56 Å². The molecular formula is C12H14N2O7. The number of nitrogens with one attached hydrogen (secondary N) is 1. The van der Waals surface area contributed by atoms with Crippen LogP contribution >= 0.6 is 0 Å². The van der Waals surface area contributed by atoms with Crippen LogP contribution in [0.1, 0.15) is 10.4 Å². The molecule has 1 aromatic carbocycles. The lowest BCUT2D eigenvalue weighted by Gasteiger charge is -2.11. The zero-order chi connectivity index (χ0) is 16.0. The van der Waals surface area contributed by atoms with Crippen molar-refractivity contribution < 1.29 is 28.7 Å². The highest BCUT2D eigenvalue weighted by atomic mass is 16.6. The van der Waals surface area contributed by atoms with Crippen LogP contribution in [0.3, 0.4) is 0 Å². The van der Waals surface area contributed by atoms with E-state index in [9.17, 15) is 19.7 Å². The van der Waals surface area contributed by atoms with Crippen LogP contribution in [0.15, 0.2) is 12.1 Å². The number of hydrogen-bond acceptors (Lipinski definition) is 8. The van der Waals surface area contributed by atoms with E-state index in [-0.39, 0.29) is 11.3 Å². The predicted octanol–water partition coefficient (Wildman–Crippen LogP) is 0.975. The highest BCUT2D eigenvalue weighted by molar-refractivity contribution is 5.95. The Kier molecular flexibility index (Phi) is 5.47. The number of benzene rings is 1. The maximum Gasteiger partial charge on any atom is 0.343 e. The lowest BCUT2D eigenvalue weighted by Crippen LogP contribution is -2.16. The summed E-state index contributed by atoms with van der Waals surface area (Å²) >= 11 is 0. The summed E-state index contributed by atoms with van der Waals surface area (Å²) in [6, 6.07) is 2.50. The molecule has 21 heavy (non-hydrogen) atoms. The lowest BCUT2D eigenvalue weighted by atomic mass is 10.1. The number of nitro benzene ring substituents is 1. The summed E-state index contributed by atoms with van der Waals surface area (Å²) in [4.78, 5) is 33.2. The van der Waals surface area contributed by atoms with E-state index in [4.69, 9.17) is 4.74 Å². The summed E-state index contributed by atoms with van der Waals surface area (Å²) in [5.74, 6) is -1.91. The number of rotatable bonds is 6. The van der Waals surface area contributed by atoms with Gasteiger partial charge in [-0.15, -0.1) is 0 Å². The van der Waals surface area contributed by atoms with Crippen LogP contribution in [0.5, 0.6) is 5.75 Å². The van der Waals surface area contributed by atoms with Gasteiger partial charge in [0, 0.05) is 18.8 Å². The maximum atomic E-state index is 11.7. The topological polar surface area (TPSA) is 117 Å². The molecule has 0 saturated heterocycles. The molecule has 9 nitrogen and oxygen atoms in total. The second-order valence-electron chi connectivity index (χ2n) is 3.74. The standard InChI is InChI=1S/C12H14N2O7/c1-13-7-4-8(12(16)20-3)11(9(5-7)14(17)18)21-6-10(15)19-2/h4-5,13H,6H2,1-3H3. The molecule has 0 atom stereocenters. The zero-order valence-corrected chi connectivity index (χ0v) is 11.7. The second-order valence-corrected chi connectivity index (χ2v) is 3.74. The highest BCUT2D eigenvalue weighted by Gasteiger charge is 2.26. The number of nitro groups is 1. The third kappa shape index (κ3) is 3.81. The van der Waals surface area contributed by atoms with E-state index in [0.29, 0.717) is 5.69 Å². The minimum Gasteiger partial charge on any atom is -0.474 e. The van der Waals surface area contributed by atoms with Crippen molar-refractivity contribution in [2.75, 3.05) is 33.2 Å². The molecule has 0 saturated carbocycles. The molecule has 0 bridgehead atoms. The molecule has 0 fully saturated rings. The summed E-state index contributed by atoms with van der Waals surface area (Å²) in [5.41, 5.74) is -0.307. The molecule has 0 aliphatic rings. The molecule has 0 aromatic heterocycles. The third-order valence-corrected chi connectivity index (χ3v) is 2.52. The summed E-state index contributed by atoms with van der Waals surface area (Å²) < 4.78 is 14.0. The Bertz CT molecular complexity index is 571.